The predicted octanol–water partition coefficient (Wildman–Crippen LogP) is 7.62. The Labute approximate surface area is 329 Å². The van der Waals surface area contributed by atoms with Crippen molar-refractivity contribution in [1.29, 1.82) is 0 Å². The largest absolute Gasteiger partial charge is 0.465 e. The van der Waals surface area contributed by atoms with E-state index in [4.69, 9.17) is 29.5 Å². The Bertz CT molecular complexity index is 1700. The van der Waals surface area contributed by atoms with Crippen LogP contribution in [0.1, 0.15) is 94.8 Å². The molecular formula is C40H45NO10Y. The summed E-state index contributed by atoms with van der Waals surface area (Å²) in [6, 6.07) is 32.6. The van der Waals surface area contributed by atoms with Gasteiger partial charge in [0.25, 0.3) is 5.09 Å². The summed E-state index contributed by atoms with van der Waals surface area (Å²) in [6.45, 7) is 6.98. The summed E-state index contributed by atoms with van der Waals surface area (Å²) in [4.78, 5) is 57.5. The smallest absolute Gasteiger partial charge is 0.313 e. The zero-order valence-corrected chi connectivity index (χ0v) is 32.8. The van der Waals surface area contributed by atoms with E-state index >= 15 is 0 Å². The zero-order chi connectivity index (χ0) is 37.6. The third kappa shape index (κ3) is 16.2. The van der Waals surface area contributed by atoms with Crippen LogP contribution in [-0.2, 0) is 56.5 Å². The molecule has 0 aromatic heterocycles. The van der Waals surface area contributed by atoms with Crippen LogP contribution in [0.4, 0.5) is 0 Å². The van der Waals surface area contributed by atoms with Gasteiger partial charge in [-0.2, -0.15) is 0 Å². The number of benzene rings is 4. The van der Waals surface area contributed by atoms with Crippen LogP contribution in [0.2, 0.25) is 0 Å². The second-order valence-corrected chi connectivity index (χ2v) is 11.4. The molecule has 0 fully saturated rings. The molecule has 0 aliphatic heterocycles. The maximum atomic E-state index is 12.5. The van der Waals surface area contributed by atoms with Crippen LogP contribution in [0, 0.1) is 10.1 Å². The Balaban J connectivity index is 0.000000464. The molecule has 0 saturated carbocycles. The summed E-state index contributed by atoms with van der Waals surface area (Å²) < 4.78 is 15.4. The summed E-state index contributed by atoms with van der Waals surface area (Å²) in [7, 11) is 1.61. The third-order valence-electron chi connectivity index (χ3n) is 7.56. The molecule has 52 heavy (non-hydrogen) atoms. The van der Waals surface area contributed by atoms with E-state index in [1.807, 2.05) is 48.5 Å². The van der Waals surface area contributed by atoms with Gasteiger partial charge in [-0.15, -0.1) is 10.1 Å². The number of nitrogens with zero attached hydrogens (tertiary/aromatic N) is 1. The monoisotopic (exact) mass is 788 g/mol. The second kappa shape index (κ2) is 25.4. The van der Waals surface area contributed by atoms with Crippen molar-refractivity contribution in [2.45, 2.75) is 51.9 Å². The summed E-state index contributed by atoms with van der Waals surface area (Å²) in [6.07, 6.45) is 2.52. The fourth-order valence-electron chi connectivity index (χ4n) is 4.63. The standard InChI is InChI=1S/C20H22O4.C20H22O3.HNO3.Y/c1-15(20(22)24-13-7-12-23-2)17-10-6-11-18(14-17)19(21)16-8-4-3-5-9-16;1-3-4-13-23-20(22)15(2)17-11-8-12-18(14-17)19(21)16-9-6-5-7-10-16;2-1(3)4;/h3-6,8-11,14-15H,7,12-13H2,1-2H3;5-12,14-15H,3-4,13H2,1-2H3;(H,2,3,4);. The van der Waals surface area contributed by atoms with Crippen molar-refractivity contribution in [2.24, 2.45) is 0 Å². The molecule has 0 saturated heterocycles. The van der Waals surface area contributed by atoms with E-state index in [0.29, 0.717) is 48.5 Å². The van der Waals surface area contributed by atoms with Gasteiger partial charge in [-0.05, 0) is 43.5 Å². The number of unbranched alkanes of at least 4 members (excludes halogenated alkanes) is 1. The van der Waals surface area contributed by atoms with Gasteiger partial charge in [0.05, 0.1) is 25.0 Å². The summed E-state index contributed by atoms with van der Waals surface area (Å²) in [5.41, 5.74) is 3.99. The molecule has 2 atom stereocenters. The molecule has 0 amide bonds. The predicted molar refractivity (Wildman–Crippen MR) is 192 cm³/mol. The van der Waals surface area contributed by atoms with E-state index in [0.717, 1.165) is 24.0 Å². The van der Waals surface area contributed by atoms with Gasteiger partial charge in [0.2, 0.25) is 0 Å². The van der Waals surface area contributed by atoms with Crippen molar-refractivity contribution in [3.8, 4) is 0 Å². The summed E-state index contributed by atoms with van der Waals surface area (Å²) in [5.74, 6) is -1.44. The maximum absolute atomic E-state index is 12.5. The molecule has 0 aliphatic carbocycles. The van der Waals surface area contributed by atoms with Gasteiger partial charge in [-0.3, -0.25) is 19.2 Å². The Morgan fingerprint density at radius 1 is 0.635 bits per heavy atom. The SMILES string of the molecule is CCCCOC(=O)C(C)c1cccc(C(=O)c2ccccc2)c1.COCCCOC(=O)C(C)c1cccc(C(=O)c2ccccc2)c1.O=[N+]([O-])O.[Y]. The molecule has 1 N–H and O–H groups in total. The van der Waals surface area contributed by atoms with E-state index in [2.05, 4.69) is 6.92 Å². The molecule has 1 radical (unpaired) electrons. The van der Waals surface area contributed by atoms with Gasteiger partial charge in [0, 0.05) is 75.1 Å². The number of rotatable bonds is 15. The molecule has 0 aliphatic rings. The molecule has 4 aromatic carbocycles. The summed E-state index contributed by atoms with van der Waals surface area (Å²) >= 11 is 0. The molecule has 11 nitrogen and oxygen atoms in total. The first-order chi connectivity index (χ1) is 24.5. The molecule has 2 unspecified atom stereocenters. The maximum Gasteiger partial charge on any atom is 0.313 e. The van der Waals surface area contributed by atoms with Crippen molar-refractivity contribution in [2.75, 3.05) is 26.9 Å². The zero-order valence-electron chi connectivity index (χ0n) is 29.9. The molecule has 0 heterocycles. The Morgan fingerprint density at radius 3 is 1.37 bits per heavy atom. The number of hydrogen-bond acceptors (Lipinski definition) is 9. The van der Waals surface area contributed by atoms with Crippen molar-refractivity contribution in [1.82, 2.24) is 0 Å². The number of hydrogen-bond donors (Lipinski definition) is 1. The third-order valence-corrected chi connectivity index (χ3v) is 7.56. The Hall–Kier alpha value is -4.58. The second-order valence-electron chi connectivity index (χ2n) is 11.4. The van der Waals surface area contributed by atoms with Crippen molar-refractivity contribution < 1.29 is 76.4 Å². The average Bonchev–Trinajstić information content (AvgIpc) is 3.16. The fraction of sp³-hybridized carbons (Fsp3) is 0.300. The first-order valence-electron chi connectivity index (χ1n) is 16.5. The minimum absolute atomic E-state index is 0. The number of ketones is 2. The van der Waals surface area contributed by atoms with E-state index in [1.165, 1.54) is 0 Å². The normalized spacial score (nSPS) is 11.1. The fourth-order valence-corrected chi connectivity index (χ4v) is 4.63. The Kier molecular flexibility index (Phi) is 22.2. The van der Waals surface area contributed by atoms with Gasteiger partial charge in [0.15, 0.2) is 11.6 Å². The number of methoxy groups -OCH3 is 1. The van der Waals surface area contributed by atoms with Crippen LogP contribution in [0.5, 0.6) is 0 Å². The topological polar surface area (TPSA) is 159 Å². The van der Waals surface area contributed by atoms with Gasteiger partial charge in [-0.1, -0.05) is 110 Å². The van der Waals surface area contributed by atoms with Gasteiger partial charge >= 0.3 is 11.9 Å². The minimum Gasteiger partial charge on any atom is -0.465 e. The first-order valence-corrected chi connectivity index (χ1v) is 16.5. The first kappa shape index (κ1) is 45.4. The Morgan fingerprint density at radius 2 is 1.00 bits per heavy atom. The minimum atomic E-state index is -1.50. The quantitative estimate of drug-likeness (QED) is 0.0418. The van der Waals surface area contributed by atoms with Crippen LogP contribution in [0.15, 0.2) is 109 Å². The van der Waals surface area contributed by atoms with Gasteiger partial charge < -0.3 is 19.4 Å². The molecule has 0 bridgehead atoms. The van der Waals surface area contributed by atoms with Crippen molar-refractivity contribution >= 4 is 23.5 Å². The molecule has 273 valence electrons. The number of carbonyl (C=O) groups is 4. The van der Waals surface area contributed by atoms with Gasteiger partial charge in [-0.25, -0.2) is 0 Å². The molecule has 12 heteroatoms. The molecule has 4 rings (SSSR count). The molecule has 0 spiro atoms. The van der Waals surface area contributed by atoms with Crippen molar-refractivity contribution in [3.63, 3.8) is 0 Å². The van der Waals surface area contributed by atoms with E-state index < -0.39 is 11.0 Å². The van der Waals surface area contributed by atoms with Gasteiger partial charge in [0.1, 0.15) is 0 Å². The van der Waals surface area contributed by atoms with Crippen LogP contribution in [-0.4, -0.2) is 60.7 Å². The number of ether oxygens (including phenoxy) is 3. The van der Waals surface area contributed by atoms with Crippen LogP contribution in [0.3, 0.4) is 0 Å². The number of esters is 2. The average molecular weight is 789 g/mol. The van der Waals surface area contributed by atoms with Crippen molar-refractivity contribution in [3.05, 3.63) is 153 Å². The molecular weight excluding hydrogens is 743 g/mol. The van der Waals surface area contributed by atoms with E-state index in [1.54, 1.807) is 81.6 Å². The van der Waals surface area contributed by atoms with Crippen LogP contribution >= 0.6 is 0 Å². The van der Waals surface area contributed by atoms with Crippen LogP contribution < -0.4 is 0 Å². The van der Waals surface area contributed by atoms with E-state index in [9.17, 15) is 19.2 Å². The molecule has 4 aromatic rings. The van der Waals surface area contributed by atoms with Crippen LogP contribution in [0.25, 0.3) is 0 Å². The van der Waals surface area contributed by atoms with E-state index in [-0.39, 0.29) is 62.1 Å². The number of carbonyl (C=O) groups excluding carboxylic acids is 4. The summed E-state index contributed by atoms with van der Waals surface area (Å²) in [5, 5.41) is 13.6.